The van der Waals surface area contributed by atoms with Crippen LogP contribution >= 0.6 is 0 Å². The van der Waals surface area contributed by atoms with Gasteiger partial charge in [0.15, 0.2) is 11.5 Å². The van der Waals surface area contributed by atoms with E-state index in [2.05, 4.69) is 30.5 Å². The second-order valence-corrected chi connectivity index (χ2v) is 9.41. The van der Waals surface area contributed by atoms with Crippen LogP contribution in [0.2, 0.25) is 0 Å². The fourth-order valence-electron chi connectivity index (χ4n) is 4.90. The van der Waals surface area contributed by atoms with E-state index >= 15 is 0 Å². The molecule has 0 radical (unpaired) electrons. The molecule has 1 amide bonds. The van der Waals surface area contributed by atoms with Crippen LogP contribution in [0.5, 0.6) is 0 Å². The number of carbonyl (C=O) groups is 1. The van der Waals surface area contributed by atoms with Gasteiger partial charge in [-0.3, -0.25) is 4.79 Å². The topological polar surface area (TPSA) is 87.5 Å². The van der Waals surface area contributed by atoms with E-state index in [1.807, 2.05) is 0 Å². The van der Waals surface area contributed by atoms with E-state index in [1.54, 1.807) is 29.9 Å². The number of amides is 1. The van der Waals surface area contributed by atoms with Gasteiger partial charge in [0, 0.05) is 43.1 Å². The highest BCUT2D eigenvalue weighted by atomic mass is 19.1. The van der Waals surface area contributed by atoms with Crippen LogP contribution in [0.15, 0.2) is 30.9 Å². The first-order valence-electron chi connectivity index (χ1n) is 11.3. The zero-order valence-electron chi connectivity index (χ0n) is 18.0. The van der Waals surface area contributed by atoms with Gasteiger partial charge in [0.1, 0.15) is 11.5 Å². The monoisotopic (exact) mass is 435 g/mol. The Labute approximate surface area is 185 Å². The second kappa shape index (κ2) is 7.23. The molecule has 3 fully saturated rings. The van der Waals surface area contributed by atoms with Crippen molar-refractivity contribution in [3.05, 3.63) is 48.1 Å². The van der Waals surface area contributed by atoms with Gasteiger partial charge in [-0.25, -0.2) is 19.3 Å². The Bertz CT molecular complexity index is 1180. The molecule has 0 bridgehead atoms. The van der Waals surface area contributed by atoms with Crippen molar-refractivity contribution in [1.82, 2.24) is 24.7 Å². The molecule has 4 heterocycles. The van der Waals surface area contributed by atoms with Gasteiger partial charge in [0.25, 0.3) is 5.91 Å². The van der Waals surface area contributed by atoms with Crippen molar-refractivity contribution in [2.45, 2.75) is 50.6 Å². The third-order valence-electron chi connectivity index (χ3n) is 6.91. The molecule has 2 saturated carbocycles. The number of halogens is 1. The van der Waals surface area contributed by atoms with Crippen LogP contribution in [0.25, 0.3) is 5.65 Å². The number of carbonyl (C=O) groups excluding carboxylic acids is 1. The van der Waals surface area contributed by atoms with Gasteiger partial charge >= 0.3 is 0 Å². The van der Waals surface area contributed by atoms with Crippen molar-refractivity contribution in [3.8, 4) is 0 Å². The molecule has 166 valence electrons. The van der Waals surface area contributed by atoms with Crippen LogP contribution in [0.1, 0.15) is 48.3 Å². The molecule has 2 N–H and O–H groups in total. The van der Waals surface area contributed by atoms with E-state index in [1.165, 1.54) is 37.9 Å². The van der Waals surface area contributed by atoms with Crippen molar-refractivity contribution in [1.29, 1.82) is 0 Å². The fraction of sp³-hybridized carbons (Fsp3) is 0.478. The number of nitrogens with zero attached hydrogens (tertiary/aromatic N) is 5. The number of aryl methyl sites for hydroxylation is 1. The van der Waals surface area contributed by atoms with Crippen LogP contribution < -0.4 is 15.5 Å². The summed E-state index contributed by atoms with van der Waals surface area (Å²) < 4.78 is 15.8. The molecule has 0 spiro atoms. The largest absolute Gasteiger partial charge is 0.355 e. The maximum Gasteiger partial charge on any atom is 0.275 e. The molecule has 1 aliphatic heterocycles. The Morgan fingerprint density at radius 2 is 2.03 bits per heavy atom. The molecule has 9 heteroatoms. The summed E-state index contributed by atoms with van der Waals surface area (Å²) in [4.78, 5) is 27.8. The average molecular weight is 436 g/mol. The number of fused-ring (bicyclic) bond motifs is 1. The summed E-state index contributed by atoms with van der Waals surface area (Å²) in [5.41, 5.74) is 1.81. The Kier molecular flexibility index (Phi) is 4.43. The summed E-state index contributed by atoms with van der Waals surface area (Å²) in [5, 5.41) is 6.57. The average Bonchev–Trinajstić information content (AvgIpc) is 3.67. The van der Waals surface area contributed by atoms with Gasteiger partial charge in [-0.05, 0) is 44.9 Å². The number of hydrogen-bond acceptors (Lipinski definition) is 6. The zero-order chi connectivity index (χ0) is 21.9. The standard InChI is InChI=1S/C23H26FN7O/c1-14-11-31-13-17(8-18(24)21(31)27-14)28-22(32)19-9-26-20(10-25-19)30-7-4-15(12-30)23(5-6-23)29-16-2-3-16/h8-11,13,15-16,29H,2-7,12H2,1H3,(H,28,32)/t15-/m1/s1. The van der Waals surface area contributed by atoms with E-state index in [0.29, 0.717) is 22.8 Å². The van der Waals surface area contributed by atoms with Crippen LogP contribution in [-0.4, -0.2) is 49.9 Å². The summed E-state index contributed by atoms with van der Waals surface area (Å²) >= 11 is 0. The van der Waals surface area contributed by atoms with Crippen LogP contribution in [0, 0.1) is 18.7 Å². The van der Waals surface area contributed by atoms with E-state index in [4.69, 9.17) is 0 Å². The minimum absolute atomic E-state index is 0.195. The summed E-state index contributed by atoms with van der Waals surface area (Å²) in [6.45, 7) is 3.73. The quantitative estimate of drug-likeness (QED) is 0.619. The molecule has 1 atom stereocenters. The minimum Gasteiger partial charge on any atom is -0.355 e. The first kappa shape index (κ1) is 19.6. The lowest BCUT2D eigenvalue weighted by Gasteiger charge is -2.25. The Morgan fingerprint density at radius 3 is 2.75 bits per heavy atom. The lowest BCUT2D eigenvalue weighted by atomic mass is 9.96. The lowest BCUT2D eigenvalue weighted by molar-refractivity contribution is 0.102. The molecule has 1 saturated heterocycles. The maximum atomic E-state index is 14.3. The highest BCUT2D eigenvalue weighted by molar-refractivity contribution is 6.02. The van der Waals surface area contributed by atoms with E-state index in [-0.39, 0.29) is 11.3 Å². The predicted molar refractivity (Wildman–Crippen MR) is 118 cm³/mol. The molecule has 2 aliphatic carbocycles. The third-order valence-corrected chi connectivity index (χ3v) is 6.91. The Hall–Kier alpha value is -3.07. The van der Waals surface area contributed by atoms with Crippen LogP contribution in [0.3, 0.4) is 0 Å². The number of hydrogen-bond donors (Lipinski definition) is 2. The molecular weight excluding hydrogens is 409 g/mol. The zero-order valence-corrected chi connectivity index (χ0v) is 18.0. The van der Waals surface area contributed by atoms with Gasteiger partial charge in [0.2, 0.25) is 0 Å². The molecule has 3 aliphatic rings. The van der Waals surface area contributed by atoms with Crippen LogP contribution in [0.4, 0.5) is 15.9 Å². The Balaban J connectivity index is 1.12. The highest BCUT2D eigenvalue weighted by Gasteiger charge is 2.53. The summed E-state index contributed by atoms with van der Waals surface area (Å²) in [5.74, 6) is 0.521. The SMILES string of the molecule is Cc1cn2cc(NC(=O)c3cnc(N4CC[C@@H](C5(NC6CC6)CC5)C4)cn3)cc(F)c2n1. The van der Waals surface area contributed by atoms with Gasteiger partial charge in [-0.1, -0.05) is 0 Å². The van der Waals surface area contributed by atoms with Gasteiger partial charge in [-0.2, -0.15) is 0 Å². The molecule has 8 nitrogen and oxygen atoms in total. The van der Waals surface area contributed by atoms with Gasteiger partial charge in [0.05, 0.1) is 23.8 Å². The molecule has 0 aromatic carbocycles. The molecular formula is C23H26FN7O. The van der Waals surface area contributed by atoms with Crippen molar-refractivity contribution < 1.29 is 9.18 Å². The molecule has 3 aromatic heterocycles. The van der Waals surface area contributed by atoms with E-state index < -0.39 is 11.7 Å². The Morgan fingerprint density at radius 1 is 1.19 bits per heavy atom. The fourth-order valence-corrected chi connectivity index (χ4v) is 4.90. The van der Waals surface area contributed by atoms with Crippen molar-refractivity contribution in [2.75, 3.05) is 23.3 Å². The second-order valence-electron chi connectivity index (χ2n) is 9.41. The highest BCUT2D eigenvalue weighted by Crippen LogP contribution is 2.48. The molecule has 6 rings (SSSR count). The summed E-state index contributed by atoms with van der Waals surface area (Å²) in [6, 6.07) is 1.99. The van der Waals surface area contributed by atoms with Gasteiger partial charge in [-0.15, -0.1) is 0 Å². The maximum absolute atomic E-state index is 14.3. The van der Waals surface area contributed by atoms with Crippen molar-refractivity contribution in [3.63, 3.8) is 0 Å². The number of pyridine rings is 1. The van der Waals surface area contributed by atoms with E-state index in [9.17, 15) is 9.18 Å². The van der Waals surface area contributed by atoms with Crippen molar-refractivity contribution >= 4 is 23.1 Å². The number of imidazole rings is 1. The lowest BCUT2D eigenvalue weighted by Crippen LogP contribution is -2.41. The number of anilines is 2. The van der Waals surface area contributed by atoms with Crippen molar-refractivity contribution in [2.24, 2.45) is 5.92 Å². The first-order valence-corrected chi connectivity index (χ1v) is 11.3. The summed E-state index contributed by atoms with van der Waals surface area (Å²) in [7, 11) is 0. The molecule has 32 heavy (non-hydrogen) atoms. The third kappa shape index (κ3) is 3.60. The predicted octanol–water partition coefficient (Wildman–Crippen LogP) is 2.94. The number of rotatable bonds is 6. The number of nitrogens with one attached hydrogen (secondary N) is 2. The van der Waals surface area contributed by atoms with Crippen LogP contribution in [-0.2, 0) is 0 Å². The molecule has 0 unspecified atom stereocenters. The number of aromatic nitrogens is 4. The normalized spacial score (nSPS) is 21.8. The molecule has 3 aromatic rings. The first-order chi connectivity index (χ1) is 15.5. The summed E-state index contributed by atoms with van der Waals surface area (Å²) in [6.07, 6.45) is 12.8. The van der Waals surface area contributed by atoms with Gasteiger partial charge < -0.3 is 19.9 Å². The smallest absolute Gasteiger partial charge is 0.275 e. The van der Waals surface area contributed by atoms with E-state index in [0.717, 1.165) is 31.4 Å². The minimum atomic E-state index is -0.495.